The molecule has 0 rings (SSSR count). The van der Waals surface area contributed by atoms with Crippen LogP contribution in [0.25, 0.3) is 0 Å². The van der Waals surface area contributed by atoms with Crippen LogP contribution in [0.3, 0.4) is 0 Å². The van der Waals surface area contributed by atoms with E-state index in [1.54, 1.807) is 0 Å². The highest BCUT2D eigenvalue weighted by atomic mass is 35.6. The Morgan fingerprint density at radius 1 is 0.222 bits per heavy atom. The van der Waals surface area contributed by atoms with Crippen molar-refractivity contribution >= 4 is 278 Å². The Labute approximate surface area is 326 Å². The second kappa shape index (κ2) is 13.2. The molecule has 36 heavy (non-hydrogen) atoms. The van der Waals surface area contributed by atoms with Crippen LogP contribution in [0.4, 0.5) is 0 Å². The van der Waals surface area contributed by atoms with E-state index in [2.05, 4.69) is 0 Å². The van der Waals surface area contributed by atoms with Crippen molar-refractivity contribution in [2.45, 2.75) is 53.0 Å². The molecule has 0 aliphatic carbocycles. The molecule has 0 N–H and O–H groups in total. The molecule has 24 heteroatoms. The maximum absolute atomic E-state index is 6.37. The molecule has 0 bridgehead atoms. The lowest BCUT2D eigenvalue weighted by atomic mass is 9.99. The van der Waals surface area contributed by atoms with Gasteiger partial charge in [0.2, 0.25) is 0 Å². The molecule has 0 heterocycles. The minimum atomic E-state index is -3.27. The highest BCUT2D eigenvalue weighted by Crippen LogP contribution is 2.75. The normalized spacial score (nSPS) is 16.8. The van der Waals surface area contributed by atoms with Crippen LogP contribution in [0.2, 0.25) is 0 Å². The first kappa shape index (κ1) is 43.0. The Morgan fingerprint density at radius 3 is 0.444 bits per heavy atom. The van der Waals surface area contributed by atoms with Crippen LogP contribution < -0.4 is 0 Å². The summed E-state index contributed by atoms with van der Waals surface area (Å²) in [6.45, 7) is 0. The van der Waals surface area contributed by atoms with Gasteiger partial charge in [-0.15, -0.1) is 46.4 Å². The van der Waals surface area contributed by atoms with E-state index in [0.717, 1.165) is 0 Å². The van der Waals surface area contributed by atoms with E-state index in [1.165, 1.54) is 0 Å². The van der Waals surface area contributed by atoms with E-state index in [9.17, 15) is 0 Å². The average Bonchev–Trinajstić information content (AvgIpc) is 2.65. The van der Waals surface area contributed by atoms with E-state index in [-0.39, 0.29) is 0 Å². The van der Waals surface area contributed by atoms with Crippen molar-refractivity contribution < 1.29 is 0 Å². The fourth-order valence-electron chi connectivity index (χ4n) is 1.88. The first-order valence-electron chi connectivity index (χ1n) is 7.48. The summed E-state index contributed by atoms with van der Waals surface area (Å²) in [6.07, 6.45) is 0. The first-order chi connectivity index (χ1) is 15.1. The molecule has 218 valence electrons. The summed E-state index contributed by atoms with van der Waals surface area (Å²) in [5.74, 6) is 0. The number of halogens is 24. The van der Waals surface area contributed by atoms with Gasteiger partial charge in [-0.25, -0.2) is 0 Å². The van der Waals surface area contributed by atoms with E-state index < -0.39 is 53.0 Å². The van der Waals surface area contributed by atoms with Gasteiger partial charge < -0.3 is 0 Å². The van der Waals surface area contributed by atoms with Crippen LogP contribution in [-0.4, -0.2) is 53.0 Å². The molecule has 0 fully saturated rings. The SMILES string of the molecule is ClC(Cl)C(Cl)(Cl)C(Cl)(Cl)C(Cl)(Cl)C(Cl)(Cl)C(Cl)(Cl)C(Cl)(Cl)C(Cl)(Cl)C(Cl)(Cl)C(Cl)(Cl)C(Cl)(Cl)C(Cl)Cl. The average molecular weight is 997 g/mol. The van der Waals surface area contributed by atoms with Crippen LogP contribution in [0.1, 0.15) is 0 Å². The van der Waals surface area contributed by atoms with Crippen LogP contribution >= 0.6 is 278 Å². The zero-order valence-electron chi connectivity index (χ0n) is 15.2. The Morgan fingerprint density at radius 2 is 0.333 bits per heavy atom. The summed E-state index contributed by atoms with van der Waals surface area (Å²) in [5, 5.41) is 0. The van der Waals surface area contributed by atoms with Gasteiger partial charge in [0.15, 0.2) is 43.3 Å². The molecule has 0 aromatic heterocycles. The standard InChI is InChI=1S/C12H2Cl24/c13-1(14)3(17,18)5(21,22)7(25,26)9(29,30)11(33,34)12(35,36)10(31,32)8(27,28)6(23,24)4(19,20)2(15)16/h1-2H. The Bertz CT molecular complexity index is 721. The molecule has 0 unspecified atom stereocenters. The van der Waals surface area contributed by atoms with Crippen LogP contribution in [0.15, 0.2) is 0 Å². The number of rotatable bonds is 11. The zero-order chi connectivity index (χ0) is 30.2. The predicted octanol–water partition coefficient (Wildman–Crippen LogP) is 14.3. The molecule has 0 aliphatic rings. The van der Waals surface area contributed by atoms with Crippen molar-refractivity contribution in [3.8, 4) is 0 Å². The van der Waals surface area contributed by atoms with E-state index in [0.29, 0.717) is 0 Å². The van der Waals surface area contributed by atoms with Crippen molar-refractivity contribution in [3.05, 3.63) is 0 Å². The van der Waals surface area contributed by atoms with E-state index in [1.807, 2.05) is 0 Å². The third-order valence-corrected chi connectivity index (χ3v) is 21.0. The molecule has 0 atom stereocenters. The van der Waals surface area contributed by atoms with Crippen LogP contribution in [-0.2, 0) is 0 Å². The Hall–Kier alpha value is 6.96. The summed E-state index contributed by atoms with van der Waals surface area (Å²) in [7, 11) is 0. The Kier molecular flexibility index (Phi) is 15.8. The third-order valence-electron chi connectivity index (χ3n) is 4.15. The van der Waals surface area contributed by atoms with Gasteiger partial charge in [-0.1, -0.05) is 232 Å². The van der Waals surface area contributed by atoms with Gasteiger partial charge in [-0.05, 0) is 0 Å². The number of alkyl halides is 24. The molecule has 0 nitrogen and oxygen atoms in total. The molecule has 0 aliphatic heterocycles. The predicted molar refractivity (Wildman–Crippen MR) is 175 cm³/mol. The lowest BCUT2D eigenvalue weighted by Crippen LogP contribution is -2.73. The van der Waals surface area contributed by atoms with Gasteiger partial charge >= 0.3 is 0 Å². The second-order valence-electron chi connectivity index (χ2n) is 6.44. The lowest BCUT2D eigenvalue weighted by Gasteiger charge is -2.56. The monoisotopic (exact) mass is 985 g/mol. The molecule has 0 amide bonds. The zero-order valence-corrected chi connectivity index (χ0v) is 33.4. The minimum Gasteiger partial charge on any atom is -0.102 e. The van der Waals surface area contributed by atoms with Gasteiger partial charge in [0.05, 0.1) is 0 Å². The van der Waals surface area contributed by atoms with Crippen molar-refractivity contribution in [2.75, 3.05) is 0 Å². The summed E-state index contributed by atoms with van der Waals surface area (Å²) in [6, 6.07) is 0. The molecular weight excluding hydrogens is 995 g/mol. The highest BCUT2D eigenvalue weighted by Gasteiger charge is 2.84. The number of hydrogen-bond donors (Lipinski definition) is 0. The minimum absolute atomic E-state index is 1.79. The summed E-state index contributed by atoms with van der Waals surface area (Å²) < 4.78 is -30.4. The molecule has 0 saturated carbocycles. The van der Waals surface area contributed by atoms with Crippen molar-refractivity contribution in [1.82, 2.24) is 0 Å². The van der Waals surface area contributed by atoms with Gasteiger partial charge in [0.25, 0.3) is 0 Å². The second-order valence-corrected chi connectivity index (χ2v) is 22.0. The van der Waals surface area contributed by atoms with Gasteiger partial charge in [0.1, 0.15) is 9.67 Å². The fourth-order valence-corrected chi connectivity index (χ4v) is 9.53. The van der Waals surface area contributed by atoms with Crippen LogP contribution in [0.5, 0.6) is 0 Å². The summed E-state index contributed by atoms with van der Waals surface area (Å²) >= 11 is 148. The molecular formula is C12H2Cl24. The van der Waals surface area contributed by atoms with E-state index >= 15 is 0 Å². The number of hydrogen-bond acceptors (Lipinski definition) is 0. The van der Waals surface area contributed by atoms with Crippen molar-refractivity contribution in [3.63, 3.8) is 0 Å². The maximum atomic E-state index is 6.37. The van der Waals surface area contributed by atoms with Gasteiger partial charge in [-0.3, -0.25) is 0 Å². The molecule has 0 aromatic rings. The highest BCUT2D eigenvalue weighted by molar-refractivity contribution is 6.82. The molecule has 0 saturated heterocycles. The quantitative estimate of drug-likeness (QED) is 0.181. The van der Waals surface area contributed by atoms with Crippen molar-refractivity contribution in [2.24, 2.45) is 0 Å². The molecule has 0 aromatic carbocycles. The third kappa shape index (κ3) is 6.55. The van der Waals surface area contributed by atoms with Crippen molar-refractivity contribution in [1.29, 1.82) is 0 Å². The van der Waals surface area contributed by atoms with E-state index in [4.69, 9.17) is 278 Å². The molecule has 0 radical (unpaired) electrons. The fraction of sp³-hybridized carbons (Fsp3) is 1.00. The lowest BCUT2D eigenvalue weighted by molar-refractivity contribution is 0.422. The summed E-state index contributed by atoms with van der Waals surface area (Å²) in [4.78, 5) is -3.58. The smallest absolute Gasteiger partial charge is 0.102 e. The summed E-state index contributed by atoms with van der Waals surface area (Å²) in [5.41, 5.74) is 0. The van der Waals surface area contributed by atoms with Gasteiger partial charge in [-0.2, -0.15) is 0 Å². The molecule has 0 spiro atoms. The first-order valence-corrected chi connectivity index (χ1v) is 16.8. The maximum Gasteiger partial charge on any atom is 0.189 e. The topological polar surface area (TPSA) is 0 Å². The van der Waals surface area contributed by atoms with Gasteiger partial charge in [0, 0.05) is 0 Å². The Balaban J connectivity index is 7.16. The van der Waals surface area contributed by atoms with Crippen LogP contribution in [0, 0.1) is 0 Å². The largest absolute Gasteiger partial charge is 0.189 e.